The fraction of sp³-hybridized carbons (Fsp3) is 0.526. The molecule has 0 spiro atoms. The molecular formula is C19H27N5O2. The Morgan fingerprint density at radius 1 is 1.23 bits per heavy atom. The van der Waals surface area contributed by atoms with Crippen LogP contribution >= 0.6 is 0 Å². The summed E-state index contributed by atoms with van der Waals surface area (Å²) in [5.41, 5.74) is 1.21. The van der Waals surface area contributed by atoms with E-state index in [2.05, 4.69) is 20.5 Å². The molecule has 0 saturated carbocycles. The van der Waals surface area contributed by atoms with Gasteiger partial charge in [-0.2, -0.15) is 0 Å². The van der Waals surface area contributed by atoms with Crippen LogP contribution in [0.25, 0.3) is 0 Å². The molecule has 1 aromatic heterocycles. The minimum absolute atomic E-state index is 0.110. The number of carbonyl (C=O) groups is 1. The topological polar surface area (TPSA) is 72.3 Å². The van der Waals surface area contributed by atoms with E-state index in [9.17, 15) is 4.79 Å². The van der Waals surface area contributed by atoms with Gasteiger partial charge in [0.05, 0.1) is 31.0 Å². The first kappa shape index (κ1) is 18.5. The first-order valence-corrected chi connectivity index (χ1v) is 9.02. The van der Waals surface area contributed by atoms with Crippen LogP contribution in [0.2, 0.25) is 0 Å². The van der Waals surface area contributed by atoms with Crippen molar-refractivity contribution in [2.45, 2.75) is 32.4 Å². The minimum atomic E-state index is -0.210. The summed E-state index contributed by atoms with van der Waals surface area (Å²) in [6.45, 7) is 10.0. The monoisotopic (exact) mass is 357 g/mol. The van der Waals surface area contributed by atoms with E-state index in [0.29, 0.717) is 5.69 Å². The van der Waals surface area contributed by atoms with Crippen LogP contribution in [0, 0.1) is 0 Å². The lowest BCUT2D eigenvalue weighted by molar-refractivity contribution is 0.0332. The lowest BCUT2D eigenvalue weighted by atomic mass is 10.1. The molecule has 140 valence electrons. The summed E-state index contributed by atoms with van der Waals surface area (Å²) in [6.07, 6.45) is 1.70. The molecule has 3 rings (SSSR count). The largest absolute Gasteiger partial charge is 0.379 e. The Bertz CT molecular complexity index is 717. The molecule has 1 amide bonds. The van der Waals surface area contributed by atoms with Crippen LogP contribution in [0.15, 0.2) is 36.5 Å². The second kappa shape index (κ2) is 7.97. The van der Waals surface area contributed by atoms with Crippen molar-refractivity contribution < 1.29 is 9.53 Å². The molecule has 0 bridgehead atoms. The van der Waals surface area contributed by atoms with Crippen molar-refractivity contribution in [2.24, 2.45) is 0 Å². The molecule has 1 saturated heterocycles. The molecule has 2 heterocycles. The molecule has 0 radical (unpaired) electrons. The van der Waals surface area contributed by atoms with Crippen LogP contribution < -0.4 is 5.32 Å². The molecule has 0 aliphatic carbocycles. The average Bonchev–Trinajstić information content (AvgIpc) is 3.13. The second-order valence-electron chi connectivity index (χ2n) is 7.57. The van der Waals surface area contributed by atoms with Crippen molar-refractivity contribution in [3.05, 3.63) is 47.8 Å². The molecule has 7 nitrogen and oxygen atoms in total. The third-order valence-electron chi connectivity index (χ3n) is 4.47. The molecule has 1 fully saturated rings. The molecule has 7 heteroatoms. The maximum Gasteiger partial charge on any atom is 0.273 e. The highest BCUT2D eigenvalue weighted by molar-refractivity contribution is 5.92. The molecule has 1 unspecified atom stereocenters. The predicted molar refractivity (Wildman–Crippen MR) is 98.9 cm³/mol. The quantitative estimate of drug-likeness (QED) is 0.884. The van der Waals surface area contributed by atoms with Crippen LogP contribution in [0.3, 0.4) is 0 Å². The summed E-state index contributed by atoms with van der Waals surface area (Å²) >= 11 is 0. The Labute approximate surface area is 154 Å². The highest BCUT2D eigenvalue weighted by atomic mass is 16.5. The Kier molecular flexibility index (Phi) is 5.68. The van der Waals surface area contributed by atoms with Gasteiger partial charge in [-0.05, 0) is 26.3 Å². The van der Waals surface area contributed by atoms with Crippen LogP contribution in [-0.4, -0.2) is 58.6 Å². The van der Waals surface area contributed by atoms with Gasteiger partial charge in [-0.15, -0.1) is 5.10 Å². The number of nitrogens with zero attached hydrogens (tertiary/aromatic N) is 4. The van der Waals surface area contributed by atoms with Gasteiger partial charge in [0.15, 0.2) is 5.69 Å². The van der Waals surface area contributed by atoms with Gasteiger partial charge < -0.3 is 10.1 Å². The summed E-state index contributed by atoms with van der Waals surface area (Å²) in [6, 6.07) is 9.93. The van der Waals surface area contributed by atoms with Gasteiger partial charge >= 0.3 is 0 Å². The second-order valence-corrected chi connectivity index (χ2v) is 7.57. The van der Waals surface area contributed by atoms with Crippen LogP contribution in [-0.2, 0) is 10.3 Å². The van der Waals surface area contributed by atoms with Gasteiger partial charge in [0.25, 0.3) is 5.91 Å². The van der Waals surface area contributed by atoms with Crippen molar-refractivity contribution in [3.63, 3.8) is 0 Å². The first-order valence-electron chi connectivity index (χ1n) is 9.02. The molecule has 1 N–H and O–H groups in total. The molecule has 1 atom stereocenters. The van der Waals surface area contributed by atoms with E-state index < -0.39 is 0 Å². The SMILES string of the molecule is CC(C)(C)n1cc(C(=O)NC(CN2CCOCC2)c2ccccc2)nn1. The normalized spacial score (nSPS) is 17.0. The standard InChI is InChI=1S/C19H27N5O2/c1-19(2,3)24-14-17(21-22-24)18(25)20-16(15-7-5-4-6-8-15)13-23-9-11-26-12-10-23/h4-8,14,16H,9-13H2,1-3H3,(H,20,25). The highest BCUT2D eigenvalue weighted by Crippen LogP contribution is 2.17. The van der Waals surface area contributed by atoms with Crippen molar-refractivity contribution in [1.29, 1.82) is 0 Å². The summed E-state index contributed by atoms with van der Waals surface area (Å²) in [5.74, 6) is -0.206. The molecule has 26 heavy (non-hydrogen) atoms. The van der Waals surface area contributed by atoms with Crippen molar-refractivity contribution in [2.75, 3.05) is 32.8 Å². The lowest BCUT2D eigenvalue weighted by Gasteiger charge is -2.31. The van der Waals surface area contributed by atoms with E-state index in [0.717, 1.165) is 38.4 Å². The predicted octanol–water partition coefficient (Wildman–Crippen LogP) is 1.84. The van der Waals surface area contributed by atoms with Gasteiger partial charge in [0, 0.05) is 19.6 Å². The Morgan fingerprint density at radius 3 is 2.54 bits per heavy atom. The maximum atomic E-state index is 12.7. The minimum Gasteiger partial charge on any atom is -0.379 e. The van der Waals surface area contributed by atoms with E-state index in [-0.39, 0.29) is 17.5 Å². The molecular weight excluding hydrogens is 330 g/mol. The lowest BCUT2D eigenvalue weighted by Crippen LogP contribution is -2.43. The van der Waals surface area contributed by atoms with E-state index in [1.165, 1.54) is 0 Å². The van der Waals surface area contributed by atoms with E-state index >= 15 is 0 Å². The van der Waals surface area contributed by atoms with Crippen LogP contribution in [0.1, 0.15) is 42.9 Å². The zero-order valence-corrected chi connectivity index (χ0v) is 15.7. The van der Waals surface area contributed by atoms with Gasteiger partial charge in [0.1, 0.15) is 0 Å². The summed E-state index contributed by atoms with van der Waals surface area (Å²) < 4.78 is 7.13. The number of carbonyl (C=O) groups excluding carboxylic acids is 1. The maximum absolute atomic E-state index is 12.7. The Hall–Kier alpha value is -2.25. The fourth-order valence-electron chi connectivity index (χ4n) is 2.89. The van der Waals surface area contributed by atoms with Crippen LogP contribution in [0.4, 0.5) is 0 Å². The van der Waals surface area contributed by atoms with E-state index in [1.807, 2.05) is 51.1 Å². The number of aromatic nitrogens is 3. The van der Waals surface area contributed by atoms with E-state index in [4.69, 9.17) is 4.74 Å². The smallest absolute Gasteiger partial charge is 0.273 e. The van der Waals surface area contributed by atoms with Gasteiger partial charge in [-0.25, -0.2) is 4.68 Å². The Morgan fingerprint density at radius 2 is 1.92 bits per heavy atom. The number of benzene rings is 1. The van der Waals surface area contributed by atoms with Gasteiger partial charge in [0.2, 0.25) is 0 Å². The number of nitrogens with one attached hydrogen (secondary N) is 1. The number of hydrogen-bond donors (Lipinski definition) is 1. The number of rotatable bonds is 5. The Balaban J connectivity index is 1.74. The molecule has 2 aromatic rings. The third kappa shape index (κ3) is 4.68. The van der Waals surface area contributed by atoms with Crippen molar-refractivity contribution in [1.82, 2.24) is 25.2 Å². The summed E-state index contributed by atoms with van der Waals surface area (Å²) in [7, 11) is 0. The van der Waals surface area contributed by atoms with Crippen molar-refractivity contribution in [3.8, 4) is 0 Å². The van der Waals surface area contributed by atoms with Gasteiger partial charge in [-0.3, -0.25) is 9.69 Å². The van der Waals surface area contributed by atoms with Crippen LogP contribution in [0.5, 0.6) is 0 Å². The summed E-state index contributed by atoms with van der Waals surface area (Å²) in [5, 5.41) is 11.3. The zero-order valence-electron chi connectivity index (χ0n) is 15.7. The number of ether oxygens (including phenoxy) is 1. The number of amides is 1. The highest BCUT2D eigenvalue weighted by Gasteiger charge is 2.23. The average molecular weight is 357 g/mol. The molecule has 1 aliphatic heterocycles. The van der Waals surface area contributed by atoms with Gasteiger partial charge in [-0.1, -0.05) is 35.5 Å². The molecule has 1 aromatic carbocycles. The summed E-state index contributed by atoms with van der Waals surface area (Å²) in [4.78, 5) is 15.1. The fourth-order valence-corrected chi connectivity index (χ4v) is 2.89. The molecule has 1 aliphatic rings. The number of hydrogen-bond acceptors (Lipinski definition) is 5. The van der Waals surface area contributed by atoms with Crippen molar-refractivity contribution >= 4 is 5.91 Å². The zero-order chi connectivity index (χ0) is 18.6. The first-order chi connectivity index (χ1) is 12.4. The third-order valence-corrected chi connectivity index (χ3v) is 4.47. The number of morpholine rings is 1. The van der Waals surface area contributed by atoms with E-state index in [1.54, 1.807) is 10.9 Å².